The minimum absolute atomic E-state index is 0.0601. The van der Waals surface area contributed by atoms with E-state index in [-0.39, 0.29) is 17.6 Å². The molecule has 142 valence electrons. The van der Waals surface area contributed by atoms with Gasteiger partial charge in [-0.25, -0.2) is 9.97 Å². The zero-order valence-electron chi connectivity index (χ0n) is 14.4. The average Bonchev–Trinajstić information content (AvgIpc) is 3.28. The van der Waals surface area contributed by atoms with Crippen LogP contribution in [0.5, 0.6) is 0 Å². The summed E-state index contributed by atoms with van der Waals surface area (Å²) in [4.78, 5) is 22.4. The number of thiazole rings is 1. The van der Waals surface area contributed by atoms with E-state index in [1.807, 2.05) is 13.0 Å². The van der Waals surface area contributed by atoms with Crippen molar-refractivity contribution in [2.75, 3.05) is 13.1 Å². The van der Waals surface area contributed by atoms with Crippen LogP contribution in [0.3, 0.4) is 0 Å². The smallest absolute Gasteiger partial charge is 0.434 e. The summed E-state index contributed by atoms with van der Waals surface area (Å²) in [6.45, 7) is 2.77. The Balaban J connectivity index is 1.43. The molecule has 3 aromatic rings. The van der Waals surface area contributed by atoms with E-state index in [2.05, 4.69) is 9.97 Å². The van der Waals surface area contributed by atoms with Gasteiger partial charge in [0.1, 0.15) is 5.52 Å². The van der Waals surface area contributed by atoms with E-state index in [0.29, 0.717) is 42.0 Å². The number of carbonyl (C=O) groups is 1. The molecule has 0 atom stereocenters. The molecule has 0 radical (unpaired) electrons. The monoisotopic (exact) mass is 395 g/mol. The third-order valence-corrected chi connectivity index (χ3v) is 5.67. The molecule has 4 heterocycles. The van der Waals surface area contributed by atoms with Gasteiger partial charge in [-0.3, -0.25) is 4.79 Å². The van der Waals surface area contributed by atoms with Crippen LogP contribution in [-0.4, -0.2) is 33.9 Å². The van der Waals surface area contributed by atoms with Gasteiger partial charge in [0.2, 0.25) is 0 Å². The number of alkyl halides is 3. The molecule has 0 N–H and O–H groups in total. The number of pyridine rings is 1. The second-order valence-electron chi connectivity index (χ2n) is 6.58. The Morgan fingerprint density at radius 2 is 2.00 bits per heavy atom. The van der Waals surface area contributed by atoms with Crippen molar-refractivity contribution >= 4 is 28.3 Å². The number of aryl methyl sites for hydroxylation is 1. The summed E-state index contributed by atoms with van der Waals surface area (Å²) in [5.74, 6) is -0.0514. The van der Waals surface area contributed by atoms with Crippen LogP contribution in [0.25, 0.3) is 11.1 Å². The number of rotatable bonds is 2. The summed E-state index contributed by atoms with van der Waals surface area (Å²) in [6.07, 6.45) is -3.26. The fraction of sp³-hybridized carbons (Fsp3) is 0.389. The molecular formula is C18H16F3N3O2S. The molecule has 0 saturated carbocycles. The maximum absolute atomic E-state index is 12.7. The summed E-state index contributed by atoms with van der Waals surface area (Å²) in [7, 11) is 0. The molecule has 3 aromatic heterocycles. The van der Waals surface area contributed by atoms with Crippen LogP contribution >= 0.6 is 11.3 Å². The molecule has 0 unspecified atom stereocenters. The van der Waals surface area contributed by atoms with E-state index in [1.165, 1.54) is 0 Å². The Kier molecular flexibility index (Phi) is 4.41. The van der Waals surface area contributed by atoms with Crippen molar-refractivity contribution in [1.29, 1.82) is 0 Å². The van der Waals surface area contributed by atoms with E-state index in [9.17, 15) is 18.0 Å². The molecule has 0 aliphatic carbocycles. The van der Waals surface area contributed by atoms with Gasteiger partial charge in [0, 0.05) is 36.1 Å². The van der Waals surface area contributed by atoms with Crippen LogP contribution in [0, 0.1) is 6.92 Å². The lowest BCUT2D eigenvalue weighted by atomic mass is 9.97. The highest BCUT2D eigenvalue weighted by atomic mass is 32.1. The van der Waals surface area contributed by atoms with E-state index in [1.54, 1.807) is 17.0 Å². The number of carbonyl (C=O) groups excluding carboxylic acids is 1. The van der Waals surface area contributed by atoms with Crippen LogP contribution in [0.2, 0.25) is 0 Å². The highest BCUT2D eigenvalue weighted by Crippen LogP contribution is 2.35. The first kappa shape index (κ1) is 18.0. The fourth-order valence-electron chi connectivity index (χ4n) is 3.22. The van der Waals surface area contributed by atoms with E-state index in [0.717, 1.165) is 22.4 Å². The number of piperidine rings is 1. The van der Waals surface area contributed by atoms with Crippen molar-refractivity contribution in [1.82, 2.24) is 14.9 Å². The standard InChI is InChI=1S/C18H16F3N3O2S/c1-10-2-3-13-12(22-10)8-14(26-13)17(25)24-6-4-11(5-7-24)16-23-15(9-27-16)18(19,20)21/h2-3,8-9,11H,4-7H2,1H3. The molecule has 4 rings (SSSR count). The molecule has 1 aliphatic rings. The van der Waals surface area contributed by atoms with Gasteiger partial charge >= 0.3 is 6.18 Å². The van der Waals surface area contributed by atoms with Gasteiger partial charge in [-0.15, -0.1) is 11.3 Å². The van der Waals surface area contributed by atoms with Crippen LogP contribution < -0.4 is 0 Å². The zero-order chi connectivity index (χ0) is 19.2. The fourth-order valence-corrected chi connectivity index (χ4v) is 4.22. The van der Waals surface area contributed by atoms with E-state index < -0.39 is 11.9 Å². The summed E-state index contributed by atoms with van der Waals surface area (Å²) in [5.41, 5.74) is 1.19. The Morgan fingerprint density at radius 3 is 2.67 bits per heavy atom. The molecule has 1 amide bonds. The van der Waals surface area contributed by atoms with Crippen molar-refractivity contribution in [3.63, 3.8) is 0 Å². The maximum Gasteiger partial charge on any atom is 0.434 e. The first-order valence-electron chi connectivity index (χ1n) is 8.50. The molecule has 0 spiro atoms. The third kappa shape index (κ3) is 3.55. The number of amides is 1. The van der Waals surface area contributed by atoms with Gasteiger partial charge in [-0.1, -0.05) is 0 Å². The number of hydrogen-bond donors (Lipinski definition) is 0. The Morgan fingerprint density at radius 1 is 1.26 bits per heavy atom. The molecule has 9 heteroatoms. The Bertz CT molecular complexity index is 987. The highest BCUT2D eigenvalue weighted by Gasteiger charge is 2.35. The number of fused-ring (bicyclic) bond motifs is 1. The van der Waals surface area contributed by atoms with Gasteiger partial charge in [0.25, 0.3) is 5.91 Å². The predicted molar refractivity (Wildman–Crippen MR) is 93.7 cm³/mol. The van der Waals surface area contributed by atoms with Crippen molar-refractivity contribution < 1.29 is 22.4 Å². The normalized spacial score (nSPS) is 16.2. The highest BCUT2D eigenvalue weighted by molar-refractivity contribution is 7.09. The minimum atomic E-state index is -4.42. The molecule has 1 fully saturated rings. The average molecular weight is 395 g/mol. The number of aromatic nitrogens is 2. The summed E-state index contributed by atoms with van der Waals surface area (Å²) in [6, 6.07) is 5.23. The lowest BCUT2D eigenvalue weighted by Gasteiger charge is -2.30. The Hall–Kier alpha value is -2.42. The number of nitrogens with zero attached hydrogens (tertiary/aromatic N) is 3. The molecule has 0 bridgehead atoms. The lowest BCUT2D eigenvalue weighted by molar-refractivity contribution is -0.140. The van der Waals surface area contributed by atoms with Crippen LogP contribution in [0.1, 0.15) is 45.7 Å². The Labute approximate surface area is 156 Å². The third-order valence-electron chi connectivity index (χ3n) is 4.67. The quantitative estimate of drug-likeness (QED) is 0.635. The first-order chi connectivity index (χ1) is 12.8. The van der Waals surface area contributed by atoms with Gasteiger partial charge in [-0.05, 0) is 31.9 Å². The summed E-state index contributed by atoms with van der Waals surface area (Å²) in [5, 5.41) is 1.54. The number of furan rings is 1. The van der Waals surface area contributed by atoms with Crippen LogP contribution in [0.15, 0.2) is 28.0 Å². The second-order valence-corrected chi connectivity index (χ2v) is 7.47. The van der Waals surface area contributed by atoms with Crippen molar-refractivity contribution in [3.05, 3.63) is 45.7 Å². The molecule has 1 aliphatic heterocycles. The largest absolute Gasteiger partial charge is 0.449 e. The molecule has 27 heavy (non-hydrogen) atoms. The van der Waals surface area contributed by atoms with Crippen molar-refractivity contribution in [3.8, 4) is 0 Å². The first-order valence-corrected chi connectivity index (χ1v) is 9.38. The van der Waals surface area contributed by atoms with Crippen LogP contribution in [-0.2, 0) is 6.18 Å². The van der Waals surface area contributed by atoms with Gasteiger partial charge in [0.05, 0.1) is 5.01 Å². The summed E-state index contributed by atoms with van der Waals surface area (Å²) < 4.78 is 43.7. The summed E-state index contributed by atoms with van der Waals surface area (Å²) >= 11 is 1.03. The zero-order valence-corrected chi connectivity index (χ0v) is 15.2. The number of halogens is 3. The predicted octanol–water partition coefficient (Wildman–Crippen LogP) is 4.63. The number of hydrogen-bond acceptors (Lipinski definition) is 5. The number of likely N-dealkylation sites (tertiary alicyclic amines) is 1. The molecule has 0 aromatic carbocycles. The molecular weight excluding hydrogens is 379 g/mol. The van der Waals surface area contributed by atoms with Crippen molar-refractivity contribution in [2.24, 2.45) is 0 Å². The topological polar surface area (TPSA) is 59.2 Å². The van der Waals surface area contributed by atoms with Gasteiger partial charge < -0.3 is 9.32 Å². The van der Waals surface area contributed by atoms with Crippen LogP contribution in [0.4, 0.5) is 13.2 Å². The van der Waals surface area contributed by atoms with Crippen molar-refractivity contribution in [2.45, 2.75) is 31.9 Å². The molecule has 1 saturated heterocycles. The second kappa shape index (κ2) is 6.63. The maximum atomic E-state index is 12.7. The van der Waals surface area contributed by atoms with E-state index >= 15 is 0 Å². The van der Waals surface area contributed by atoms with Gasteiger partial charge in [-0.2, -0.15) is 13.2 Å². The van der Waals surface area contributed by atoms with Gasteiger partial charge in [0.15, 0.2) is 17.0 Å². The minimum Gasteiger partial charge on any atom is -0.449 e. The van der Waals surface area contributed by atoms with E-state index in [4.69, 9.17) is 4.42 Å². The molecule has 5 nitrogen and oxygen atoms in total. The SMILES string of the molecule is Cc1ccc2oc(C(=O)N3CCC(c4nc(C(F)(F)F)cs4)CC3)cc2n1. The lowest BCUT2D eigenvalue weighted by Crippen LogP contribution is -2.37.